The van der Waals surface area contributed by atoms with Gasteiger partial charge in [0.05, 0.1) is 5.60 Å². The molecule has 0 unspecified atom stereocenters. The van der Waals surface area contributed by atoms with Gasteiger partial charge in [0.15, 0.2) is 0 Å². The summed E-state index contributed by atoms with van der Waals surface area (Å²) < 4.78 is 26.1. The molecule has 92 valence electrons. The molecule has 0 aromatic heterocycles. The second kappa shape index (κ2) is 3.75. The van der Waals surface area contributed by atoms with E-state index >= 15 is 0 Å². The summed E-state index contributed by atoms with van der Waals surface area (Å²) in [5, 5.41) is 10.1. The number of aliphatic hydroxyl groups is 1. The molecule has 1 heterocycles. The number of β-amino-alcohol motifs (C(OH)–C–C–N with tert-alkyl or cyclic N) is 1. The fourth-order valence-corrected chi connectivity index (χ4v) is 2.61. The molecule has 0 radical (unpaired) electrons. The van der Waals surface area contributed by atoms with E-state index in [1.165, 1.54) is 12.1 Å². The lowest BCUT2D eigenvalue weighted by atomic mass is 9.88. The molecule has 3 rings (SSSR count). The fourth-order valence-electron chi connectivity index (χ4n) is 2.61. The van der Waals surface area contributed by atoms with Gasteiger partial charge >= 0.3 is 0 Å². The van der Waals surface area contributed by atoms with Gasteiger partial charge in [-0.15, -0.1) is 0 Å². The third kappa shape index (κ3) is 2.07. The molecular formula is C13H15F2NO. The molecule has 1 aliphatic carbocycles. The molecule has 1 N–H and O–H groups in total. The lowest BCUT2D eigenvalue weighted by molar-refractivity contribution is -0.116. The Kier molecular flexibility index (Phi) is 2.45. The molecule has 0 amide bonds. The Labute approximate surface area is 98.9 Å². The molecule has 1 saturated heterocycles. The molecule has 0 atom stereocenters. The van der Waals surface area contributed by atoms with Gasteiger partial charge < -0.3 is 5.11 Å². The summed E-state index contributed by atoms with van der Waals surface area (Å²) in [5.41, 5.74) is -0.0551. The Morgan fingerprint density at radius 2 is 2.00 bits per heavy atom. The van der Waals surface area contributed by atoms with Crippen molar-refractivity contribution in [3.8, 4) is 0 Å². The summed E-state index contributed by atoms with van der Waals surface area (Å²) in [4.78, 5) is 1.99. The largest absolute Gasteiger partial charge is 0.387 e. The average molecular weight is 239 g/mol. The molecule has 0 spiro atoms. The van der Waals surface area contributed by atoms with E-state index in [-0.39, 0.29) is 0 Å². The highest BCUT2D eigenvalue weighted by molar-refractivity contribution is 5.19. The van der Waals surface area contributed by atoms with E-state index in [9.17, 15) is 13.9 Å². The number of hydrogen-bond acceptors (Lipinski definition) is 2. The maximum atomic E-state index is 13.4. The molecule has 2 nitrogen and oxygen atoms in total. The van der Waals surface area contributed by atoms with Crippen LogP contribution in [0.4, 0.5) is 8.78 Å². The van der Waals surface area contributed by atoms with E-state index in [1.807, 2.05) is 4.90 Å². The predicted octanol–water partition coefficient (Wildman–Crippen LogP) is 1.92. The summed E-state index contributed by atoms with van der Waals surface area (Å²) in [6, 6.07) is 3.65. The van der Waals surface area contributed by atoms with Crippen LogP contribution >= 0.6 is 0 Å². The van der Waals surface area contributed by atoms with Crippen molar-refractivity contribution in [3.63, 3.8) is 0 Å². The van der Waals surface area contributed by atoms with Crippen LogP contribution in [0.1, 0.15) is 18.4 Å². The normalized spacial score (nSPS) is 23.5. The number of rotatable bonds is 3. The van der Waals surface area contributed by atoms with Crippen LogP contribution in [-0.2, 0) is 6.54 Å². The molecule has 4 heteroatoms. The van der Waals surface area contributed by atoms with E-state index in [0.29, 0.717) is 31.1 Å². The maximum Gasteiger partial charge on any atom is 0.130 e. The van der Waals surface area contributed by atoms with Gasteiger partial charge in [-0.05, 0) is 24.8 Å². The van der Waals surface area contributed by atoms with Gasteiger partial charge in [-0.25, -0.2) is 8.78 Å². The van der Waals surface area contributed by atoms with Gasteiger partial charge in [-0.2, -0.15) is 0 Å². The van der Waals surface area contributed by atoms with Crippen LogP contribution < -0.4 is 0 Å². The van der Waals surface area contributed by atoms with Crippen LogP contribution in [0.5, 0.6) is 0 Å². The first-order valence-corrected chi connectivity index (χ1v) is 5.95. The van der Waals surface area contributed by atoms with Crippen LogP contribution in [0.15, 0.2) is 18.2 Å². The number of benzene rings is 1. The van der Waals surface area contributed by atoms with Gasteiger partial charge in [0.1, 0.15) is 11.6 Å². The Morgan fingerprint density at radius 3 is 2.59 bits per heavy atom. The SMILES string of the molecule is OC1(C2CC2)CN(Cc2ccc(F)cc2F)C1. The Hall–Kier alpha value is -1.00. The first-order chi connectivity index (χ1) is 8.07. The van der Waals surface area contributed by atoms with Crippen LogP contribution in [-0.4, -0.2) is 28.7 Å². The molecule has 1 aliphatic heterocycles. The summed E-state index contributed by atoms with van der Waals surface area (Å²) in [5.74, 6) is -0.618. The van der Waals surface area contributed by atoms with Crippen molar-refractivity contribution in [1.29, 1.82) is 0 Å². The highest BCUT2D eigenvalue weighted by atomic mass is 19.1. The third-order valence-electron chi connectivity index (χ3n) is 3.74. The minimum Gasteiger partial charge on any atom is -0.387 e. The topological polar surface area (TPSA) is 23.5 Å². The van der Waals surface area contributed by atoms with Crippen molar-refractivity contribution in [2.75, 3.05) is 13.1 Å². The molecule has 2 aliphatic rings. The van der Waals surface area contributed by atoms with E-state index in [2.05, 4.69) is 0 Å². The molecule has 17 heavy (non-hydrogen) atoms. The van der Waals surface area contributed by atoms with Crippen molar-refractivity contribution >= 4 is 0 Å². The molecule has 0 bridgehead atoms. The van der Waals surface area contributed by atoms with E-state index < -0.39 is 17.2 Å². The second-order valence-electron chi connectivity index (χ2n) is 5.26. The third-order valence-corrected chi connectivity index (χ3v) is 3.74. The second-order valence-corrected chi connectivity index (χ2v) is 5.26. The first kappa shape index (κ1) is 11.1. The lowest BCUT2D eigenvalue weighted by Gasteiger charge is -2.47. The minimum absolute atomic E-state index is 0.441. The quantitative estimate of drug-likeness (QED) is 0.871. The molecular weight excluding hydrogens is 224 g/mol. The number of hydrogen-bond donors (Lipinski definition) is 1. The van der Waals surface area contributed by atoms with E-state index in [4.69, 9.17) is 0 Å². The van der Waals surface area contributed by atoms with E-state index in [0.717, 1.165) is 18.9 Å². The smallest absolute Gasteiger partial charge is 0.130 e. The molecule has 1 saturated carbocycles. The highest BCUT2D eigenvalue weighted by Gasteiger charge is 2.51. The van der Waals surface area contributed by atoms with Gasteiger partial charge in [0, 0.05) is 31.3 Å². The van der Waals surface area contributed by atoms with Gasteiger partial charge in [-0.1, -0.05) is 6.07 Å². The van der Waals surface area contributed by atoms with Crippen molar-refractivity contribution in [3.05, 3.63) is 35.4 Å². The summed E-state index contributed by atoms with van der Waals surface area (Å²) in [6.45, 7) is 1.66. The van der Waals surface area contributed by atoms with Gasteiger partial charge in [0.2, 0.25) is 0 Å². The molecule has 2 fully saturated rings. The highest BCUT2D eigenvalue weighted by Crippen LogP contribution is 2.44. The Balaban J connectivity index is 1.61. The Bertz CT molecular complexity index is 439. The van der Waals surface area contributed by atoms with Crippen molar-refractivity contribution in [2.45, 2.75) is 25.0 Å². The number of nitrogens with zero attached hydrogens (tertiary/aromatic N) is 1. The lowest BCUT2D eigenvalue weighted by Crippen LogP contribution is -2.62. The number of halogens is 2. The monoisotopic (exact) mass is 239 g/mol. The van der Waals surface area contributed by atoms with Crippen LogP contribution in [0.3, 0.4) is 0 Å². The standard InChI is InChI=1S/C13H15F2NO/c14-11-4-1-9(12(15)5-11)6-16-7-13(17,8-16)10-2-3-10/h1,4-5,10,17H,2-3,6-8H2. The summed E-state index contributed by atoms with van der Waals surface area (Å²) in [7, 11) is 0. The van der Waals surface area contributed by atoms with Gasteiger partial charge in [0.25, 0.3) is 0 Å². The fraction of sp³-hybridized carbons (Fsp3) is 0.538. The minimum atomic E-state index is -0.552. The summed E-state index contributed by atoms with van der Waals surface area (Å²) >= 11 is 0. The summed E-state index contributed by atoms with van der Waals surface area (Å²) in [6.07, 6.45) is 2.21. The van der Waals surface area contributed by atoms with Crippen LogP contribution in [0, 0.1) is 17.6 Å². The average Bonchev–Trinajstić information content (AvgIpc) is 3.02. The Morgan fingerprint density at radius 1 is 1.29 bits per heavy atom. The predicted molar refractivity (Wildman–Crippen MR) is 59.3 cm³/mol. The number of likely N-dealkylation sites (tertiary alicyclic amines) is 1. The zero-order valence-corrected chi connectivity index (χ0v) is 9.50. The van der Waals surface area contributed by atoms with Gasteiger partial charge in [-0.3, -0.25) is 4.90 Å². The molecule has 1 aromatic rings. The molecule has 1 aromatic carbocycles. The van der Waals surface area contributed by atoms with Crippen molar-refractivity contribution < 1.29 is 13.9 Å². The first-order valence-electron chi connectivity index (χ1n) is 5.95. The zero-order chi connectivity index (χ0) is 12.0. The van der Waals surface area contributed by atoms with Crippen LogP contribution in [0.25, 0.3) is 0 Å². The zero-order valence-electron chi connectivity index (χ0n) is 9.50. The van der Waals surface area contributed by atoms with E-state index in [1.54, 1.807) is 0 Å². The maximum absolute atomic E-state index is 13.4. The van der Waals surface area contributed by atoms with Crippen LogP contribution in [0.2, 0.25) is 0 Å². The van der Waals surface area contributed by atoms with Crippen molar-refractivity contribution in [1.82, 2.24) is 4.90 Å². The van der Waals surface area contributed by atoms with Crippen molar-refractivity contribution in [2.24, 2.45) is 5.92 Å².